The van der Waals surface area contributed by atoms with Crippen molar-refractivity contribution in [3.8, 4) is 0 Å². The van der Waals surface area contributed by atoms with Gasteiger partial charge in [0.05, 0.1) is 10.6 Å². The second kappa shape index (κ2) is 5.42. The van der Waals surface area contributed by atoms with Crippen molar-refractivity contribution in [2.75, 3.05) is 11.6 Å². The van der Waals surface area contributed by atoms with Gasteiger partial charge >= 0.3 is 0 Å². The average Bonchev–Trinajstić information content (AvgIpc) is 2.46. The van der Waals surface area contributed by atoms with E-state index >= 15 is 0 Å². The maximum absolute atomic E-state index is 13.5. The maximum atomic E-state index is 13.5. The summed E-state index contributed by atoms with van der Waals surface area (Å²) in [5, 5.41) is 5.00. The molecule has 0 unspecified atom stereocenters. The molecule has 0 amide bonds. The molecule has 5 heteroatoms. The summed E-state index contributed by atoms with van der Waals surface area (Å²) < 4.78 is 37.2. The number of hydrogen-bond donors (Lipinski definition) is 1. The van der Waals surface area contributed by atoms with E-state index in [-0.39, 0.29) is 10.6 Å². The summed E-state index contributed by atoms with van der Waals surface area (Å²) in [6, 6.07) is 17.0. The first-order valence-corrected chi connectivity index (χ1v) is 8.59. The fraction of sp³-hybridized carbons (Fsp3) is 0.0588. The third-order valence-corrected chi connectivity index (χ3v) is 4.55. The lowest BCUT2D eigenvalue weighted by atomic mass is 10.1. The van der Waals surface area contributed by atoms with Gasteiger partial charge in [0.15, 0.2) is 9.84 Å². The van der Waals surface area contributed by atoms with Gasteiger partial charge in [0.2, 0.25) is 0 Å². The third kappa shape index (κ3) is 2.80. The van der Waals surface area contributed by atoms with Crippen LogP contribution < -0.4 is 5.32 Å². The van der Waals surface area contributed by atoms with E-state index in [4.69, 9.17) is 0 Å². The molecule has 1 N–H and O–H groups in total. The number of anilines is 2. The van der Waals surface area contributed by atoms with Crippen molar-refractivity contribution in [1.29, 1.82) is 0 Å². The van der Waals surface area contributed by atoms with E-state index < -0.39 is 15.7 Å². The SMILES string of the molecule is CS(=O)(=O)c1ccc(F)cc1Nc1cccc2ccccc12. The molecule has 3 aromatic carbocycles. The van der Waals surface area contributed by atoms with Gasteiger partial charge in [-0.1, -0.05) is 36.4 Å². The molecule has 0 atom stereocenters. The van der Waals surface area contributed by atoms with Crippen molar-refractivity contribution >= 4 is 32.0 Å². The van der Waals surface area contributed by atoms with Crippen molar-refractivity contribution in [2.45, 2.75) is 4.90 Å². The lowest BCUT2D eigenvalue weighted by Crippen LogP contribution is -2.03. The molecule has 0 radical (unpaired) electrons. The highest BCUT2D eigenvalue weighted by molar-refractivity contribution is 7.90. The number of rotatable bonds is 3. The van der Waals surface area contributed by atoms with Crippen LogP contribution in [0, 0.1) is 5.82 Å². The zero-order chi connectivity index (χ0) is 15.7. The van der Waals surface area contributed by atoms with Gasteiger partial charge in [0.1, 0.15) is 5.82 Å². The summed E-state index contributed by atoms with van der Waals surface area (Å²) in [6.07, 6.45) is 1.11. The molecule has 0 aliphatic carbocycles. The molecular formula is C17H14FNO2S. The van der Waals surface area contributed by atoms with Crippen LogP contribution in [0.1, 0.15) is 0 Å². The first kappa shape index (κ1) is 14.5. The van der Waals surface area contributed by atoms with Gasteiger partial charge in [0.25, 0.3) is 0 Å². The van der Waals surface area contributed by atoms with Gasteiger partial charge in [0, 0.05) is 17.3 Å². The molecule has 0 aromatic heterocycles. The molecule has 0 heterocycles. The van der Waals surface area contributed by atoms with Crippen LogP contribution in [-0.4, -0.2) is 14.7 Å². The minimum Gasteiger partial charge on any atom is -0.354 e. The Kier molecular flexibility index (Phi) is 3.58. The minimum absolute atomic E-state index is 0.0711. The Labute approximate surface area is 128 Å². The summed E-state index contributed by atoms with van der Waals surface area (Å²) in [5.74, 6) is -0.491. The van der Waals surface area contributed by atoms with Crippen LogP contribution in [0.2, 0.25) is 0 Å². The summed E-state index contributed by atoms with van der Waals surface area (Å²) in [7, 11) is -3.45. The zero-order valence-corrected chi connectivity index (χ0v) is 12.7. The molecule has 3 aromatic rings. The van der Waals surface area contributed by atoms with Crippen LogP contribution in [0.5, 0.6) is 0 Å². The predicted molar refractivity (Wildman–Crippen MR) is 86.7 cm³/mol. The maximum Gasteiger partial charge on any atom is 0.177 e. The monoisotopic (exact) mass is 315 g/mol. The predicted octanol–water partition coefficient (Wildman–Crippen LogP) is 4.13. The van der Waals surface area contributed by atoms with E-state index in [9.17, 15) is 12.8 Å². The topological polar surface area (TPSA) is 46.2 Å². The van der Waals surface area contributed by atoms with E-state index in [2.05, 4.69) is 5.32 Å². The van der Waals surface area contributed by atoms with Crippen molar-refractivity contribution in [3.63, 3.8) is 0 Å². The fourth-order valence-corrected chi connectivity index (χ4v) is 3.23. The second-order valence-electron chi connectivity index (χ2n) is 5.06. The Balaban J connectivity index is 2.15. The molecule has 0 spiro atoms. The molecule has 3 rings (SSSR count). The number of sulfone groups is 1. The van der Waals surface area contributed by atoms with Crippen LogP contribution in [0.25, 0.3) is 10.8 Å². The molecule has 0 saturated carbocycles. The van der Waals surface area contributed by atoms with Crippen LogP contribution >= 0.6 is 0 Å². The van der Waals surface area contributed by atoms with Gasteiger partial charge in [-0.15, -0.1) is 0 Å². The summed E-state index contributed by atoms with van der Waals surface area (Å²) >= 11 is 0. The molecule has 0 aliphatic heterocycles. The van der Waals surface area contributed by atoms with Gasteiger partial charge < -0.3 is 5.32 Å². The highest BCUT2D eigenvalue weighted by atomic mass is 32.2. The van der Waals surface area contributed by atoms with Crippen molar-refractivity contribution in [3.05, 3.63) is 66.5 Å². The Bertz CT molecular complexity index is 947. The van der Waals surface area contributed by atoms with Gasteiger partial charge in [-0.25, -0.2) is 12.8 Å². The van der Waals surface area contributed by atoms with Crippen LogP contribution in [-0.2, 0) is 9.84 Å². The van der Waals surface area contributed by atoms with Gasteiger partial charge in [-0.2, -0.15) is 0 Å². The largest absolute Gasteiger partial charge is 0.354 e. The highest BCUT2D eigenvalue weighted by Gasteiger charge is 2.15. The lowest BCUT2D eigenvalue weighted by Gasteiger charge is -2.13. The first-order chi connectivity index (χ1) is 10.4. The lowest BCUT2D eigenvalue weighted by molar-refractivity contribution is 0.601. The first-order valence-electron chi connectivity index (χ1n) is 6.69. The van der Waals surface area contributed by atoms with Gasteiger partial charge in [-0.3, -0.25) is 0 Å². The Morgan fingerprint density at radius 1 is 0.909 bits per heavy atom. The molecule has 112 valence electrons. The quantitative estimate of drug-likeness (QED) is 0.739. The van der Waals surface area contributed by atoms with E-state index in [0.29, 0.717) is 0 Å². The number of benzene rings is 3. The molecule has 0 fully saturated rings. The smallest absolute Gasteiger partial charge is 0.177 e. The van der Waals surface area contributed by atoms with Crippen LogP contribution in [0.4, 0.5) is 15.8 Å². The number of hydrogen-bond acceptors (Lipinski definition) is 3. The van der Waals surface area contributed by atoms with E-state index in [1.54, 1.807) is 0 Å². The molecular weight excluding hydrogens is 301 g/mol. The minimum atomic E-state index is -3.45. The van der Waals surface area contributed by atoms with Crippen molar-refractivity contribution in [2.24, 2.45) is 0 Å². The second-order valence-corrected chi connectivity index (χ2v) is 7.05. The molecule has 22 heavy (non-hydrogen) atoms. The molecule has 0 saturated heterocycles. The zero-order valence-electron chi connectivity index (χ0n) is 11.9. The van der Waals surface area contributed by atoms with E-state index in [0.717, 1.165) is 28.8 Å². The van der Waals surface area contributed by atoms with Gasteiger partial charge in [-0.05, 0) is 29.7 Å². The normalized spacial score (nSPS) is 11.5. The number of fused-ring (bicyclic) bond motifs is 1. The van der Waals surface area contributed by atoms with Crippen LogP contribution in [0.3, 0.4) is 0 Å². The third-order valence-electron chi connectivity index (χ3n) is 3.40. The fourth-order valence-electron chi connectivity index (χ4n) is 2.40. The number of halogens is 1. The molecule has 0 aliphatic rings. The molecule has 3 nitrogen and oxygen atoms in total. The summed E-state index contributed by atoms with van der Waals surface area (Å²) in [6.45, 7) is 0. The summed E-state index contributed by atoms with van der Waals surface area (Å²) in [5.41, 5.74) is 0.965. The number of nitrogens with one attached hydrogen (secondary N) is 1. The Morgan fingerprint density at radius 2 is 1.64 bits per heavy atom. The van der Waals surface area contributed by atoms with Crippen molar-refractivity contribution < 1.29 is 12.8 Å². The molecule has 0 bridgehead atoms. The van der Waals surface area contributed by atoms with Crippen LogP contribution in [0.15, 0.2) is 65.6 Å². The average molecular weight is 315 g/mol. The van der Waals surface area contributed by atoms with E-state index in [1.165, 1.54) is 12.1 Å². The Hall–Kier alpha value is -2.40. The van der Waals surface area contributed by atoms with Crippen molar-refractivity contribution in [1.82, 2.24) is 0 Å². The standard InChI is InChI=1S/C17H14FNO2S/c1-22(20,21)17-10-9-13(18)11-16(17)19-15-8-4-6-12-5-2-3-7-14(12)15/h2-11,19H,1H3. The summed E-state index contributed by atoms with van der Waals surface area (Å²) in [4.78, 5) is 0.0711. The van der Waals surface area contributed by atoms with E-state index in [1.807, 2.05) is 42.5 Å². The highest BCUT2D eigenvalue weighted by Crippen LogP contribution is 2.30. The Morgan fingerprint density at radius 3 is 2.41 bits per heavy atom.